The van der Waals surface area contributed by atoms with E-state index in [9.17, 15) is 4.79 Å². The molecule has 0 radical (unpaired) electrons. The molecular formula is C34H48Cl3N3O2. The van der Waals surface area contributed by atoms with Crippen molar-refractivity contribution in [3.05, 3.63) is 57.0 Å². The Morgan fingerprint density at radius 2 is 1.45 bits per heavy atom. The zero-order valence-electron chi connectivity index (χ0n) is 25.4. The fourth-order valence-corrected chi connectivity index (χ4v) is 6.23. The molecular weight excluding hydrogens is 589 g/mol. The molecule has 0 saturated heterocycles. The van der Waals surface area contributed by atoms with Gasteiger partial charge in [0.1, 0.15) is 23.4 Å². The van der Waals surface area contributed by atoms with Crippen LogP contribution in [0.1, 0.15) is 116 Å². The first-order valence-electron chi connectivity index (χ1n) is 16.0. The molecule has 0 fully saturated rings. The number of unbranched alkanes of at least 4 members (excludes halogenated alkanes) is 12. The Morgan fingerprint density at radius 1 is 0.857 bits per heavy atom. The number of nitrogens with one attached hydrogen (secondary N) is 1. The number of amides is 1. The first-order valence-corrected chi connectivity index (χ1v) is 17.1. The van der Waals surface area contributed by atoms with Gasteiger partial charge in [0.2, 0.25) is 0 Å². The van der Waals surface area contributed by atoms with E-state index in [4.69, 9.17) is 39.5 Å². The van der Waals surface area contributed by atoms with Gasteiger partial charge in [0.05, 0.1) is 23.0 Å². The summed E-state index contributed by atoms with van der Waals surface area (Å²) in [6.07, 6.45) is 19.7. The lowest BCUT2D eigenvalue weighted by Gasteiger charge is -2.19. The molecule has 1 N–H and O–H groups in total. The van der Waals surface area contributed by atoms with E-state index in [2.05, 4.69) is 42.5 Å². The van der Waals surface area contributed by atoms with E-state index in [0.717, 1.165) is 18.6 Å². The first kappa shape index (κ1) is 34.5. The van der Waals surface area contributed by atoms with Gasteiger partial charge in [0.15, 0.2) is 0 Å². The van der Waals surface area contributed by atoms with Gasteiger partial charge in [-0.25, -0.2) is 0 Å². The zero-order chi connectivity index (χ0) is 30.2. The van der Waals surface area contributed by atoms with Gasteiger partial charge in [-0.1, -0.05) is 138 Å². The molecule has 232 valence electrons. The highest BCUT2D eigenvalue weighted by Gasteiger charge is 2.29. The van der Waals surface area contributed by atoms with Crippen molar-refractivity contribution >= 4 is 52.2 Å². The lowest BCUT2D eigenvalue weighted by atomic mass is 10.0. The summed E-state index contributed by atoms with van der Waals surface area (Å²) in [7, 11) is 0. The second-order valence-electron chi connectivity index (χ2n) is 11.3. The van der Waals surface area contributed by atoms with E-state index >= 15 is 0 Å². The molecule has 1 heterocycles. The number of rotatable bonds is 20. The standard InChI is InChI=1S/C34H48Cl3N3O2/c1-3-5-6-7-8-9-10-11-12-13-14-15-16-18-26-19-17-20-29(21-26)42-28(4-2)25-38-32-24-33(41)40(39-32)34-30(36)22-27(35)23-31(34)37/h17,19-23,28H,3-16,18,24-25H2,1-2H3,(H,38,39). The summed E-state index contributed by atoms with van der Waals surface area (Å²) in [5.41, 5.74) is 1.66. The molecule has 0 bridgehead atoms. The predicted octanol–water partition coefficient (Wildman–Crippen LogP) is 10.8. The van der Waals surface area contributed by atoms with Crippen molar-refractivity contribution in [2.24, 2.45) is 5.10 Å². The van der Waals surface area contributed by atoms with E-state index < -0.39 is 0 Å². The second kappa shape index (κ2) is 19.4. The van der Waals surface area contributed by atoms with Crippen molar-refractivity contribution in [1.82, 2.24) is 5.32 Å². The average Bonchev–Trinajstić information content (AvgIpc) is 3.32. The van der Waals surface area contributed by atoms with Crippen molar-refractivity contribution in [1.29, 1.82) is 0 Å². The van der Waals surface area contributed by atoms with Crippen LogP contribution in [0.2, 0.25) is 15.1 Å². The highest BCUT2D eigenvalue weighted by molar-refractivity contribution is 6.42. The van der Waals surface area contributed by atoms with Gasteiger partial charge >= 0.3 is 0 Å². The molecule has 0 aliphatic carbocycles. The van der Waals surface area contributed by atoms with Crippen molar-refractivity contribution in [3.8, 4) is 5.75 Å². The minimum Gasteiger partial charge on any atom is -0.489 e. The van der Waals surface area contributed by atoms with Crippen LogP contribution in [-0.4, -0.2) is 24.4 Å². The minimum atomic E-state index is -0.210. The number of hydrazone groups is 1. The number of hydrogen-bond acceptors (Lipinski definition) is 4. The summed E-state index contributed by atoms with van der Waals surface area (Å²) in [5, 5.41) is 9.90. The van der Waals surface area contributed by atoms with Crippen LogP contribution in [-0.2, 0) is 11.2 Å². The normalized spacial score (nSPS) is 13.9. The van der Waals surface area contributed by atoms with Crippen LogP contribution in [0.25, 0.3) is 0 Å². The molecule has 2 aromatic carbocycles. The summed E-state index contributed by atoms with van der Waals surface area (Å²) >= 11 is 18.6. The van der Waals surface area contributed by atoms with Gasteiger partial charge in [-0.2, -0.15) is 10.1 Å². The molecule has 1 unspecified atom stereocenters. The Morgan fingerprint density at radius 3 is 2.05 bits per heavy atom. The molecule has 1 amide bonds. The quantitative estimate of drug-likeness (QED) is 0.147. The monoisotopic (exact) mass is 635 g/mol. The molecule has 3 rings (SSSR count). The third kappa shape index (κ3) is 12.0. The summed E-state index contributed by atoms with van der Waals surface area (Å²) < 4.78 is 6.30. The van der Waals surface area contributed by atoms with E-state index in [-0.39, 0.29) is 28.5 Å². The Balaban J connectivity index is 1.35. The Bertz CT molecular complexity index is 1120. The molecule has 1 atom stereocenters. The molecule has 1 aliphatic rings. The van der Waals surface area contributed by atoms with Gasteiger partial charge in [0.25, 0.3) is 5.91 Å². The molecule has 5 nitrogen and oxygen atoms in total. The zero-order valence-corrected chi connectivity index (χ0v) is 27.7. The fraction of sp³-hybridized carbons (Fsp3) is 0.588. The molecule has 1 aliphatic heterocycles. The highest BCUT2D eigenvalue weighted by Crippen LogP contribution is 2.38. The van der Waals surface area contributed by atoms with Gasteiger partial charge in [-0.3, -0.25) is 4.79 Å². The van der Waals surface area contributed by atoms with E-state index in [0.29, 0.717) is 23.1 Å². The molecule has 42 heavy (non-hydrogen) atoms. The number of nitrogens with zero attached hydrogens (tertiary/aromatic N) is 2. The van der Waals surface area contributed by atoms with E-state index in [1.54, 1.807) is 12.1 Å². The third-order valence-electron chi connectivity index (χ3n) is 7.73. The average molecular weight is 637 g/mol. The van der Waals surface area contributed by atoms with Crippen LogP contribution in [0.3, 0.4) is 0 Å². The summed E-state index contributed by atoms with van der Waals surface area (Å²) in [6, 6.07) is 11.5. The lowest BCUT2D eigenvalue weighted by Crippen LogP contribution is -2.34. The maximum Gasteiger partial charge on any atom is 0.255 e. The Kier molecular flexibility index (Phi) is 15.9. The van der Waals surface area contributed by atoms with Crippen LogP contribution in [0.15, 0.2) is 41.5 Å². The Labute approximate surface area is 268 Å². The lowest BCUT2D eigenvalue weighted by molar-refractivity contribution is -0.116. The van der Waals surface area contributed by atoms with Crippen molar-refractivity contribution in [2.45, 2.75) is 123 Å². The van der Waals surface area contributed by atoms with Gasteiger partial charge in [-0.15, -0.1) is 0 Å². The summed E-state index contributed by atoms with van der Waals surface area (Å²) in [5.74, 6) is 1.22. The number of amidine groups is 1. The van der Waals surface area contributed by atoms with Gasteiger partial charge < -0.3 is 10.1 Å². The Hall–Kier alpha value is -1.95. The molecule has 0 spiro atoms. The van der Waals surface area contributed by atoms with Crippen molar-refractivity contribution in [2.75, 3.05) is 11.6 Å². The SMILES string of the molecule is CCCCCCCCCCCCCCCc1cccc(OC(CC)CNC2=NN(c3c(Cl)cc(Cl)cc3Cl)C(=O)C2)c1. The van der Waals surface area contributed by atoms with Crippen LogP contribution < -0.4 is 15.1 Å². The number of hydrogen-bond donors (Lipinski definition) is 1. The largest absolute Gasteiger partial charge is 0.489 e. The maximum absolute atomic E-state index is 12.6. The van der Waals surface area contributed by atoms with Gasteiger partial charge in [0, 0.05) is 5.02 Å². The van der Waals surface area contributed by atoms with Crippen LogP contribution in [0, 0.1) is 0 Å². The number of halogens is 3. The third-order valence-corrected chi connectivity index (χ3v) is 8.52. The highest BCUT2D eigenvalue weighted by atomic mass is 35.5. The number of ether oxygens (including phenoxy) is 1. The van der Waals surface area contributed by atoms with E-state index in [1.165, 1.54) is 94.0 Å². The number of carbonyl (C=O) groups excluding carboxylic acids is 1. The maximum atomic E-state index is 12.6. The molecule has 0 saturated carbocycles. The predicted molar refractivity (Wildman–Crippen MR) is 180 cm³/mol. The van der Waals surface area contributed by atoms with Crippen LogP contribution in [0.4, 0.5) is 5.69 Å². The first-order chi connectivity index (χ1) is 20.4. The smallest absolute Gasteiger partial charge is 0.255 e. The van der Waals surface area contributed by atoms with E-state index in [1.807, 2.05) is 6.07 Å². The number of anilines is 1. The summed E-state index contributed by atoms with van der Waals surface area (Å²) in [4.78, 5) is 12.6. The van der Waals surface area contributed by atoms with Crippen molar-refractivity contribution < 1.29 is 9.53 Å². The fourth-order valence-electron chi connectivity index (χ4n) is 5.25. The number of benzene rings is 2. The topological polar surface area (TPSA) is 53.9 Å². The minimum absolute atomic E-state index is 0.0637. The van der Waals surface area contributed by atoms with Crippen molar-refractivity contribution in [3.63, 3.8) is 0 Å². The molecule has 0 aromatic heterocycles. The molecule has 8 heteroatoms. The second-order valence-corrected chi connectivity index (χ2v) is 12.6. The number of carbonyl (C=O) groups is 1. The molecule has 2 aromatic rings. The summed E-state index contributed by atoms with van der Waals surface area (Å²) in [6.45, 7) is 4.90. The van der Waals surface area contributed by atoms with Crippen LogP contribution >= 0.6 is 34.8 Å². The number of aryl methyl sites for hydroxylation is 1. The van der Waals surface area contributed by atoms with Gasteiger partial charge in [-0.05, 0) is 49.1 Å². The van der Waals surface area contributed by atoms with Crippen LogP contribution in [0.5, 0.6) is 5.75 Å².